The van der Waals surface area contributed by atoms with Crippen LogP contribution in [0.15, 0.2) is 34.6 Å². The predicted molar refractivity (Wildman–Crippen MR) is 96.6 cm³/mol. The Kier molecular flexibility index (Phi) is 4.85. The molecule has 0 radical (unpaired) electrons. The first-order valence-electron chi connectivity index (χ1n) is 8.35. The lowest BCUT2D eigenvalue weighted by atomic mass is 10.2. The highest BCUT2D eigenvalue weighted by Gasteiger charge is 2.27. The van der Waals surface area contributed by atoms with Crippen LogP contribution in [0, 0.1) is 0 Å². The van der Waals surface area contributed by atoms with Crippen LogP contribution in [0.2, 0.25) is 0 Å². The summed E-state index contributed by atoms with van der Waals surface area (Å²) in [5, 5.41) is 3.46. The van der Waals surface area contributed by atoms with Gasteiger partial charge in [0, 0.05) is 43.6 Å². The quantitative estimate of drug-likeness (QED) is 0.774. The van der Waals surface area contributed by atoms with Gasteiger partial charge in [-0.2, -0.15) is 0 Å². The number of morpholine rings is 1. The van der Waals surface area contributed by atoms with Crippen molar-refractivity contribution in [3.05, 3.63) is 35.0 Å². The highest BCUT2D eigenvalue weighted by atomic mass is 32.2. The Bertz CT molecular complexity index is 867. The maximum absolute atomic E-state index is 12.4. The third-order valence-corrected chi connectivity index (χ3v) is 5.40. The van der Waals surface area contributed by atoms with E-state index in [0.717, 1.165) is 18.9 Å². The molecule has 0 spiro atoms. The molecule has 10 heteroatoms. The van der Waals surface area contributed by atoms with Crippen LogP contribution in [0.1, 0.15) is 12.5 Å². The van der Waals surface area contributed by atoms with Gasteiger partial charge >= 0.3 is 0 Å². The number of anilines is 2. The van der Waals surface area contributed by atoms with Crippen molar-refractivity contribution >= 4 is 29.3 Å². The van der Waals surface area contributed by atoms with Gasteiger partial charge in [-0.15, -0.1) is 0 Å². The third kappa shape index (κ3) is 3.56. The van der Waals surface area contributed by atoms with Gasteiger partial charge in [-0.25, -0.2) is 15.0 Å². The van der Waals surface area contributed by atoms with Crippen LogP contribution in [0.3, 0.4) is 0 Å². The number of ether oxygens (including phenoxy) is 1. The molecular weight excluding hydrogens is 356 g/mol. The molecule has 2 aromatic rings. The van der Waals surface area contributed by atoms with Gasteiger partial charge < -0.3 is 15.0 Å². The Morgan fingerprint density at radius 3 is 3.00 bits per heavy atom. The Balaban J connectivity index is 1.42. The van der Waals surface area contributed by atoms with Gasteiger partial charge in [0.1, 0.15) is 18.0 Å². The van der Waals surface area contributed by atoms with E-state index in [-0.39, 0.29) is 23.9 Å². The number of hydrogen-bond donors (Lipinski definition) is 1. The maximum atomic E-state index is 12.4. The van der Waals surface area contributed by atoms with Gasteiger partial charge in [-0.05, 0) is 0 Å². The molecule has 1 saturated heterocycles. The fourth-order valence-electron chi connectivity index (χ4n) is 3.03. The average Bonchev–Trinajstić information content (AvgIpc) is 3.07. The molecule has 1 N–H and O–H groups in total. The highest BCUT2D eigenvalue weighted by molar-refractivity contribution is 7.99. The summed E-state index contributed by atoms with van der Waals surface area (Å²) >= 11 is 1.49. The molecule has 2 aromatic heterocycles. The van der Waals surface area contributed by atoms with E-state index >= 15 is 0 Å². The average molecular weight is 374 g/mol. The Morgan fingerprint density at radius 1 is 1.31 bits per heavy atom. The van der Waals surface area contributed by atoms with Crippen LogP contribution in [0.5, 0.6) is 0 Å². The highest BCUT2D eigenvalue weighted by Crippen LogP contribution is 2.31. The van der Waals surface area contributed by atoms with Gasteiger partial charge in [-0.3, -0.25) is 14.2 Å². The van der Waals surface area contributed by atoms with E-state index in [4.69, 9.17) is 4.74 Å². The molecular formula is C16H18N6O3S. The second kappa shape index (κ2) is 7.42. The minimum atomic E-state index is -0.197. The van der Waals surface area contributed by atoms with Crippen LogP contribution in [-0.4, -0.2) is 57.5 Å². The predicted octanol–water partition coefficient (Wildman–Crippen LogP) is 0.545. The molecule has 0 saturated carbocycles. The van der Waals surface area contributed by atoms with Crippen molar-refractivity contribution < 1.29 is 9.53 Å². The van der Waals surface area contributed by atoms with E-state index in [0.29, 0.717) is 29.9 Å². The Hall–Kier alpha value is -2.46. The molecule has 1 atom stereocenters. The van der Waals surface area contributed by atoms with E-state index in [1.807, 2.05) is 0 Å². The van der Waals surface area contributed by atoms with E-state index < -0.39 is 0 Å². The van der Waals surface area contributed by atoms with E-state index in [9.17, 15) is 9.59 Å². The molecule has 0 bridgehead atoms. The summed E-state index contributed by atoms with van der Waals surface area (Å²) in [6.45, 7) is 2.84. The summed E-state index contributed by atoms with van der Waals surface area (Å²) in [5.41, 5.74) is -0.130. The standard InChI is InChI=1S/C16H18N6O3S/c23-14(7-11-9-26-16-17-2-1-15(24)22(11)16)20-12-8-13(19-10-18-12)21-3-5-25-6-4-21/h1-2,8,10-11H,3-7,9H2,(H,18,19,20,23). The summed E-state index contributed by atoms with van der Waals surface area (Å²) in [4.78, 5) is 39.1. The summed E-state index contributed by atoms with van der Waals surface area (Å²) in [5.74, 6) is 1.69. The zero-order valence-corrected chi connectivity index (χ0v) is 14.8. The molecule has 4 heterocycles. The van der Waals surface area contributed by atoms with Crippen LogP contribution < -0.4 is 15.8 Å². The first kappa shape index (κ1) is 17.0. The summed E-state index contributed by atoms with van der Waals surface area (Å²) in [6.07, 6.45) is 3.13. The molecule has 2 aliphatic heterocycles. The van der Waals surface area contributed by atoms with Crippen LogP contribution >= 0.6 is 11.8 Å². The maximum Gasteiger partial charge on any atom is 0.254 e. The first-order valence-corrected chi connectivity index (χ1v) is 9.34. The zero-order valence-electron chi connectivity index (χ0n) is 14.0. The Labute approximate surface area is 153 Å². The minimum absolute atomic E-state index is 0.130. The van der Waals surface area contributed by atoms with Crippen molar-refractivity contribution in [1.82, 2.24) is 19.5 Å². The number of rotatable bonds is 4. The Morgan fingerprint density at radius 2 is 2.15 bits per heavy atom. The molecule has 2 aliphatic rings. The molecule has 4 rings (SSSR count). The van der Waals surface area contributed by atoms with E-state index in [1.165, 1.54) is 30.4 Å². The normalized spacial score (nSPS) is 19.2. The number of amides is 1. The van der Waals surface area contributed by atoms with Crippen molar-refractivity contribution in [2.24, 2.45) is 0 Å². The molecule has 136 valence electrons. The smallest absolute Gasteiger partial charge is 0.254 e. The summed E-state index contributed by atoms with van der Waals surface area (Å²) < 4.78 is 6.93. The second-order valence-electron chi connectivity index (χ2n) is 6.01. The molecule has 1 unspecified atom stereocenters. The monoisotopic (exact) mass is 374 g/mol. The largest absolute Gasteiger partial charge is 0.378 e. The number of nitrogens with zero attached hydrogens (tertiary/aromatic N) is 5. The number of fused-ring (bicyclic) bond motifs is 1. The number of thioether (sulfide) groups is 1. The third-order valence-electron chi connectivity index (χ3n) is 4.29. The van der Waals surface area contributed by atoms with E-state index in [2.05, 4.69) is 25.2 Å². The number of hydrogen-bond acceptors (Lipinski definition) is 8. The number of aromatic nitrogens is 4. The first-order chi connectivity index (χ1) is 12.7. The van der Waals surface area contributed by atoms with Crippen molar-refractivity contribution in [2.45, 2.75) is 17.6 Å². The van der Waals surface area contributed by atoms with Crippen LogP contribution in [-0.2, 0) is 9.53 Å². The molecule has 9 nitrogen and oxygen atoms in total. The van der Waals surface area contributed by atoms with Crippen LogP contribution in [0.25, 0.3) is 0 Å². The summed E-state index contributed by atoms with van der Waals surface area (Å²) in [6, 6.07) is 2.98. The molecule has 26 heavy (non-hydrogen) atoms. The minimum Gasteiger partial charge on any atom is -0.378 e. The van der Waals surface area contributed by atoms with Crippen molar-refractivity contribution in [2.75, 3.05) is 42.3 Å². The van der Waals surface area contributed by atoms with Gasteiger partial charge in [0.25, 0.3) is 5.56 Å². The lowest BCUT2D eigenvalue weighted by molar-refractivity contribution is -0.116. The fraction of sp³-hybridized carbons (Fsp3) is 0.438. The molecule has 0 aliphatic carbocycles. The van der Waals surface area contributed by atoms with Crippen molar-refractivity contribution in [3.63, 3.8) is 0 Å². The van der Waals surface area contributed by atoms with E-state index in [1.54, 1.807) is 10.6 Å². The zero-order chi connectivity index (χ0) is 17.9. The second-order valence-corrected chi connectivity index (χ2v) is 7.00. The van der Waals surface area contributed by atoms with Gasteiger partial charge in [0.15, 0.2) is 5.16 Å². The SMILES string of the molecule is O=C(CC1CSc2nccc(=O)n21)Nc1cc(N2CCOCC2)ncn1. The fourth-order valence-corrected chi connectivity index (χ4v) is 4.15. The van der Waals surface area contributed by atoms with Gasteiger partial charge in [-0.1, -0.05) is 11.8 Å². The topological polar surface area (TPSA) is 102 Å². The molecule has 0 aromatic carbocycles. The lowest BCUT2D eigenvalue weighted by Gasteiger charge is -2.27. The van der Waals surface area contributed by atoms with Crippen LogP contribution in [0.4, 0.5) is 11.6 Å². The van der Waals surface area contributed by atoms with Gasteiger partial charge in [0.05, 0.1) is 19.3 Å². The summed E-state index contributed by atoms with van der Waals surface area (Å²) in [7, 11) is 0. The molecule has 1 fully saturated rings. The van der Waals surface area contributed by atoms with Crippen molar-refractivity contribution in [1.29, 1.82) is 0 Å². The van der Waals surface area contributed by atoms with Crippen molar-refractivity contribution in [3.8, 4) is 0 Å². The number of carbonyl (C=O) groups is 1. The number of nitrogens with one attached hydrogen (secondary N) is 1. The van der Waals surface area contributed by atoms with Gasteiger partial charge in [0.2, 0.25) is 5.91 Å². The number of carbonyl (C=O) groups excluding carboxylic acids is 1. The lowest BCUT2D eigenvalue weighted by Crippen LogP contribution is -2.36. The molecule has 1 amide bonds.